The lowest BCUT2D eigenvalue weighted by molar-refractivity contribution is 0.0987. The number of hydrogen-bond donors (Lipinski definition) is 0. The van der Waals surface area contributed by atoms with Gasteiger partial charge in [0.25, 0.3) is 5.91 Å². The van der Waals surface area contributed by atoms with Crippen LogP contribution in [0.4, 0.5) is 5.69 Å². The van der Waals surface area contributed by atoms with Crippen LogP contribution in [0.3, 0.4) is 0 Å². The van der Waals surface area contributed by atoms with Crippen molar-refractivity contribution in [2.24, 2.45) is 0 Å². The average Bonchev–Trinajstić information content (AvgIpc) is 2.56. The van der Waals surface area contributed by atoms with E-state index in [0.29, 0.717) is 18.5 Å². The topological polar surface area (TPSA) is 44.1 Å². The summed E-state index contributed by atoms with van der Waals surface area (Å²) in [5, 5.41) is 8.79. The lowest BCUT2D eigenvalue weighted by atomic mass is 10.1. The molecule has 0 bridgehead atoms. The Morgan fingerprint density at radius 1 is 1.14 bits per heavy atom. The number of thioether (sulfide) groups is 1. The van der Waals surface area contributed by atoms with Crippen molar-refractivity contribution in [3.05, 3.63) is 60.2 Å². The highest BCUT2D eigenvalue weighted by atomic mass is 32.2. The minimum atomic E-state index is -0.0795. The molecule has 0 N–H and O–H groups in total. The maximum absolute atomic E-state index is 12.7. The minimum absolute atomic E-state index is 0.0795. The molecule has 0 fully saturated rings. The smallest absolute Gasteiger partial charge is 0.258 e. The van der Waals surface area contributed by atoms with Crippen LogP contribution in [0.2, 0.25) is 0 Å². The third kappa shape index (κ3) is 3.87. The van der Waals surface area contributed by atoms with Gasteiger partial charge in [-0.2, -0.15) is 5.26 Å². The van der Waals surface area contributed by atoms with Crippen molar-refractivity contribution in [1.29, 1.82) is 5.26 Å². The first-order valence-electron chi connectivity index (χ1n) is 6.64. The molecule has 0 atom stereocenters. The van der Waals surface area contributed by atoms with Gasteiger partial charge in [0.15, 0.2) is 0 Å². The molecular formula is C17H16N2OS. The lowest BCUT2D eigenvalue weighted by Gasteiger charge is -2.22. The molecule has 0 heterocycles. The third-order valence-corrected chi connectivity index (χ3v) is 3.84. The largest absolute Gasteiger partial charge is 0.307 e. The summed E-state index contributed by atoms with van der Waals surface area (Å²) in [6.07, 6.45) is 2.31. The Morgan fingerprint density at radius 2 is 1.81 bits per heavy atom. The van der Waals surface area contributed by atoms with Crippen LogP contribution >= 0.6 is 11.8 Å². The van der Waals surface area contributed by atoms with E-state index >= 15 is 0 Å². The normalized spacial score (nSPS) is 9.90. The number of para-hydroxylation sites is 1. The highest BCUT2D eigenvalue weighted by molar-refractivity contribution is 7.98. The van der Waals surface area contributed by atoms with Crippen molar-refractivity contribution in [2.75, 3.05) is 17.7 Å². The van der Waals surface area contributed by atoms with Crippen LogP contribution in [-0.2, 0) is 0 Å². The predicted molar refractivity (Wildman–Crippen MR) is 86.6 cm³/mol. The van der Waals surface area contributed by atoms with Gasteiger partial charge in [0.1, 0.15) is 0 Å². The number of anilines is 1. The number of amides is 1. The summed E-state index contributed by atoms with van der Waals surface area (Å²) in [6, 6.07) is 19.1. The second kappa shape index (κ2) is 7.51. The Kier molecular flexibility index (Phi) is 5.42. The van der Waals surface area contributed by atoms with Gasteiger partial charge in [0.05, 0.1) is 12.5 Å². The van der Waals surface area contributed by atoms with Crippen LogP contribution in [0.25, 0.3) is 0 Å². The second-order valence-electron chi connectivity index (χ2n) is 4.43. The zero-order valence-corrected chi connectivity index (χ0v) is 12.6. The van der Waals surface area contributed by atoms with Gasteiger partial charge in [0.2, 0.25) is 0 Å². The molecule has 4 heteroatoms. The first-order valence-corrected chi connectivity index (χ1v) is 7.86. The Bertz CT molecular complexity index is 632. The number of carbonyl (C=O) groups excluding carboxylic acids is 1. The van der Waals surface area contributed by atoms with Crippen molar-refractivity contribution < 1.29 is 4.79 Å². The second-order valence-corrected chi connectivity index (χ2v) is 5.31. The van der Waals surface area contributed by atoms with Crippen LogP contribution in [0.1, 0.15) is 16.8 Å². The zero-order valence-electron chi connectivity index (χ0n) is 11.8. The summed E-state index contributed by atoms with van der Waals surface area (Å²) < 4.78 is 0. The maximum Gasteiger partial charge on any atom is 0.258 e. The highest BCUT2D eigenvalue weighted by Gasteiger charge is 2.17. The minimum Gasteiger partial charge on any atom is -0.307 e. The molecule has 0 aliphatic carbocycles. The molecule has 0 saturated heterocycles. The highest BCUT2D eigenvalue weighted by Crippen LogP contribution is 2.20. The van der Waals surface area contributed by atoms with Crippen LogP contribution < -0.4 is 4.90 Å². The summed E-state index contributed by atoms with van der Waals surface area (Å²) in [6.45, 7) is 0.392. The Labute approximate surface area is 129 Å². The summed E-state index contributed by atoms with van der Waals surface area (Å²) >= 11 is 1.64. The fourth-order valence-corrected chi connectivity index (χ4v) is 2.42. The summed E-state index contributed by atoms with van der Waals surface area (Å²) in [5.74, 6) is -0.0795. The van der Waals surface area contributed by atoms with Gasteiger partial charge in [-0.05, 0) is 42.7 Å². The van der Waals surface area contributed by atoms with Crippen molar-refractivity contribution >= 4 is 23.4 Å². The number of nitrogens with zero attached hydrogens (tertiary/aromatic N) is 2. The first kappa shape index (κ1) is 15.1. The van der Waals surface area contributed by atoms with Gasteiger partial charge >= 0.3 is 0 Å². The fourth-order valence-electron chi connectivity index (χ4n) is 2.01. The van der Waals surface area contributed by atoms with Crippen molar-refractivity contribution in [3.8, 4) is 6.07 Å². The molecule has 0 unspecified atom stereocenters. The number of carbonyl (C=O) groups is 1. The van der Waals surface area contributed by atoms with Gasteiger partial charge in [-0.1, -0.05) is 18.2 Å². The number of nitriles is 1. The molecule has 21 heavy (non-hydrogen) atoms. The molecule has 0 saturated carbocycles. The van der Waals surface area contributed by atoms with Gasteiger partial charge in [-0.3, -0.25) is 4.79 Å². The van der Waals surface area contributed by atoms with E-state index in [2.05, 4.69) is 6.07 Å². The van der Waals surface area contributed by atoms with Crippen LogP contribution in [0.15, 0.2) is 59.5 Å². The molecule has 3 nitrogen and oxygen atoms in total. The predicted octanol–water partition coefficient (Wildman–Crippen LogP) is 3.97. The van der Waals surface area contributed by atoms with Crippen molar-refractivity contribution in [3.63, 3.8) is 0 Å². The van der Waals surface area contributed by atoms with E-state index in [1.165, 1.54) is 0 Å². The van der Waals surface area contributed by atoms with E-state index in [-0.39, 0.29) is 5.91 Å². The Hall–Kier alpha value is -2.25. The molecule has 106 valence electrons. The van der Waals surface area contributed by atoms with E-state index < -0.39 is 0 Å². The summed E-state index contributed by atoms with van der Waals surface area (Å²) in [5.41, 5.74) is 1.45. The average molecular weight is 296 g/mol. The monoisotopic (exact) mass is 296 g/mol. The van der Waals surface area contributed by atoms with Gasteiger partial charge in [-0.15, -0.1) is 11.8 Å². The zero-order chi connectivity index (χ0) is 15.1. The molecule has 2 aromatic carbocycles. The first-order chi connectivity index (χ1) is 10.3. The Morgan fingerprint density at radius 3 is 2.38 bits per heavy atom. The molecule has 0 spiro atoms. The fraction of sp³-hybridized carbons (Fsp3) is 0.176. The number of benzene rings is 2. The molecule has 1 amide bonds. The molecule has 2 rings (SSSR count). The van der Waals surface area contributed by atoms with E-state index in [9.17, 15) is 4.79 Å². The van der Waals surface area contributed by atoms with Crippen LogP contribution in [0.5, 0.6) is 0 Å². The van der Waals surface area contributed by atoms with Crippen LogP contribution in [-0.4, -0.2) is 18.7 Å². The molecule has 2 aromatic rings. The van der Waals surface area contributed by atoms with E-state index in [0.717, 1.165) is 10.6 Å². The van der Waals surface area contributed by atoms with Gasteiger partial charge in [-0.25, -0.2) is 0 Å². The molecule has 0 radical (unpaired) electrons. The number of hydrogen-bond acceptors (Lipinski definition) is 3. The molecule has 0 aliphatic rings. The van der Waals surface area contributed by atoms with Crippen LogP contribution in [0, 0.1) is 11.3 Å². The maximum atomic E-state index is 12.7. The standard InChI is InChI=1S/C17H16N2OS/c1-21-16-10-8-14(9-11-16)17(20)19(13-5-12-18)15-6-3-2-4-7-15/h2-4,6-11H,5,13H2,1H3. The molecule has 0 aromatic heterocycles. The van der Waals surface area contributed by atoms with E-state index in [1.54, 1.807) is 16.7 Å². The summed E-state index contributed by atoms with van der Waals surface area (Å²) in [4.78, 5) is 15.4. The third-order valence-electron chi connectivity index (χ3n) is 3.10. The Balaban J connectivity index is 2.27. The van der Waals surface area contributed by atoms with Gasteiger partial charge in [0, 0.05) is 22.7 Å². The van der Waals surface area contributed by atoms with Crippen molar-refractivity contribution in [1.82, 2.24) is 0 Å². The quantitative estimate of drug-likeness (QED) is 0.784. The summed E-state index contributed by atoms with van der Waals surface area (Å²) in [7, 11) is 0. The lowest BCUT2D eigenvalue weighted by Crippen LogP contribution is -2.31. The van der Waals surface area contributed by atoms with E-state index in [4.69, 9.17) is 5.26 Å². The molecular weight excluding hydrogens is 280 g/mol. The molecule has 0 aliphatic heterocycles. The number of rotatable bonds is 5. The van der Waals surface area contributed by atoms with E-state index in [1.807, 2.05) is 60.9 Å². The SMILES string of the molecule is CSc1ccc(C(=O)N(CCC#N)c2ccccc2)cc1. The van der Waals surface area contributed by atoms with Gasteiger partial charge < -0.3 is 4.90 Å². The van der Waals surface area contributed by atoms with Crippen molar-refractivity contribution in [2.45, 2.75) is 11.3 Å².